The van der Waals surface area contributed by atoms with Gasteiger partial charge in [-0.3, -0.25) is 4.79 Å². The fraction of sp³-hybridized carbons (Fsp3) is 0.833. The third kappa shape index (κ3) is 4.83. The van der Waals surface area contributed by atoms with Crippen LogP contribution in [0.1, 0.15) is 27.2 Å². The Hall–Kier alpha value is -1.38. The maximum Gasteiger partial charge on any atom is 0.430 e. The molecule has 0 saturated carbocycles. The minimum atomic E-state index is -5.50. The molecule has 0 amide bonds. The summed E-state index contributed by atoms with van der Waals surface area (Å²) < 4.78 is 58.0. The van der Waals surface area contributed by atoms with Crippen LogP contribution in [0.2, 0.25) is 0 Å². The molecule has 0 aliphatic rings. The second kappa shape index (κ2) is 7.06. The van der Waals surface area contributed by atoms with Crippen LogP contribution in [0.25, 0.3) is 0 Å². The summed E-state index contributed by atoms with van der Waals surface area (Å²) in [5.74, 6) is -2.79. The van der Waals surface area contributed by atoms with Gasteiger partial charge in [-0.25, -0.2) is 9.18 Å². The summed E-state index contributed by atoms with van der Waals surface area (Å²) in [6, 6.07) is 0. The smallest absolute Gasteiger partial charge is 0.430 e. The van der Waals surface area contributed by atoms with Crippen LogP contribution in [0.4, 0.5) is 17.6 Å². The number of alkyl halides is 4. The Morgan fingerprint density at radius 3 is 1.81 bits per heavy atom. The third-order valence-electron chi connectivity index (χ3n) is 2.99. The van der Waals surface area contributed by atoms with Gasteiger partial charge in [-0.15, -0.1) is 0 Å². The van der Waals surface area contributed by atoms with Crippen LogP contribution in [0.3, 0.4) is 0 Å². The van der Waals surface area contributed by atoms with Crippen molar-refractivity contribution in [2.24, 2.45) is 5.41 Å². The Morgan fingerprint density at radius 2 is 1.48 bits per heavy atom. The molecule has 0 aromatic carbocycles. The number of carbonyl (C=O) groups is 2. The molecule has 21 heavy (non-hydrogen) atoms. The molecule has 0 saturated heterocycles. The molecular weight excluding hydrogens is 300 g/mol. The lowest BCUT2D eigenvalue weighted by molar-refractivity contribution is -0.266. The number of esters is 2. The summed E-state index contributed by atoms with van der Waals surface area (Å²) in [5.41, 5.74) is -4.99. The monoisotopic (exact) mass is 318 g/mol. The molecule has 0 fully saturated rings. The van der Waals surface area contributed by atoms with Gasteiger partial charge in [0.1, 0.15) is 19.9 Å². The van der Waals surface area contributed by atoms with Crippen LogP contribution in [0, 0.1) is 5.41 Å². The Bertz CT molecular complexity index is 380. The topological polar surface area (TPSA) is 72.8 Å². The van der Waals surface area contributed by atoms with Crippen LogP contribution in [0.5, 0.6) is 0 Å². The van der Waals surface area contributed by atoms with Gasteiger partial charge in [0.25, 0.3) is 5.60 Å². The van der Waals surface area contributed by atoms with Gasteiger partial charge >= 0.3 is 18.1 Å². The highest BCUT2D eigenvalue weighted by atomic mass is 19.4. The number of carbonyl (C=O) groups excluding carboxylic acids is 2. The molecule has 0 aromatic rings. The average Bonchev–Trinajstić information content (AvgIpc) is 2.40. The van der Waals surface area contributed by atoms with Gasteiger partial charge in [-0.1, -0.05) is 6.92 Å². The summed E-state index contributed by atoms with van der Waals surface area (Å²) in [5, 5.41) is 8.92. The first-order chi connectivity index (χ1) is 9.42. The van der Waals surface area contributed by atoms with E-state index in [1.807, 2.05) is 0 Å². The molecule has 0 bridgehead atoms. The van der Waals surface area contributed by atoms with E-state index in [1.54, 1.807) is 20.8 Å². The molecule has 0 spiro atoms. The third-order valence-corrected chi connectivity index (χ3v) is 2.99. The normalized spacial score (nSPS) is 15.2. The van der Waals surface area contributed by atoms with Gasteiger partial charge in [-0.05, 0) is 20.3 Å². The van der Waals surface area contributed by atoms with Gasteiger partial charge in [-0.2, -0.15) is 13.2 Å². The second-order valence-corrected chi connectivity index (χ2v) is 5.00. The van der Waals surface area contributed by atoms with E-state index in [-0.39, 0.29) is 0 Å². The van der Waals surface area contributed by atoms with Crippen molar-refractivity contribution >= 4 is 11.9 Å². The van der Waals surface area contributed by atoms with E-state index in [9.17, 15) is 27.2 Å². The average molecular weight is 318 g/mol. The van der Waals surface area contributed by atoms with Crippen molar-refractivity contribution in [1.82, 2.24) is 0 Å². The van der Waals surface area contributed by atoms with E-state index in [0.717, 1.165) is 0 Å². The van der Waals surface area contributed by atoms with Gasteiger partial charge in [0.05, 0.1) is 5.41 Å². The predicted molar refractivity (Wildman–Crippen MR) is 63.0 cm³/mol. The van der Waals surface area contributed by atoms with E-state index in [0.29, 0.717) is 6.42 Å². The molecule has 9 heteroatoms. The van der Waals surface area contributed by atoms with E-state index in [1.165, 1.54) is 0 Å². The van der Waals surface area contributed by atoms with Crippen molar-refractivity contribution in [2.45, 2.75) is 39.0 Å². The Labute approximate surface area is 119 Å². The van der Waals surface area contributed by atoms with E-state index >= 15 is 0 Å². The maximum atomic E-state index is 12.3. The lowest BCUT2D eigenvalue weighted by Gasteiger charge is -2.25. The van der Waals surface area contributed by atoms with Crippen molar-refractivity contribution in [3.8, 4) is 0 Å². The summed E-state index contributed by atoms with van der Waals surface area (Å²) in [6.07, 6.45) is -5.03. The lowest BCUT2D eigenvalue weighted by Crippen LogP contribution is -2.55. The standard InChI is InChI=1S/C12H18F4O5/c1-4-10(2,3)8(17)20-5-6-21-9(18)11(19,7-13)12(14,15)16/h19H,4-7H2,1-3H3. The molecule has 0 aromatic heterocycles. The van der Waals surface area contributed by atoms with Gasteiger partial charge in [0.15, 0.2) is 0 Å². The van der Waals surface area contributed by atoms with Gasteiger partial charge < -0.3 is 14.6 Å². The van der Waals surface area contributed by atoms with Crippen LogP contribution < -0.4 is 0 Å². The van der Waals surface area contributed by atoms with Crippen molar-refractivity contribution in [1.29, 1.82) is 0 Å². The Morgan fingerprint density at radius 1 is 1.05 bits per heavy atom. The van der Waals surface area contributed by atoms with Crippen molar-refractivity contribution in [3.05, 3.63) is 0 Å². The van der Waals surface area contributed by atoms with Gasteiger partial charge in [0, 0.05) is 0 Å². The molecule has 0 aliphatic heterocycles. The molecule has 0 radical (unpaired) electrons. The molecule has 5 nitrogen and oxygen atoms in total. The zero-order chi connectivity index (χ0) is 16.9. The van der Waals surface area contributed by atoms with Crippen LogP contribution >= 0.6 is 0 Å². The van der Waals surface area contributed by atoms with Crippen molar-refractivity contribution in [2.75, 3.05) is 19.9 Å². The first kappa shape index (κ1) is 19.6. The van der Waals surface area contributed by atoms with E-state index < -0.39 is 49.0 Å². The highest BCUT2D eigenvalue weighted by Crippen LogP contribution is 2.32. The summed E-state index contributed by atoms with van der Waals surface area (Å²) >= 11 is 0. The fourth-order valence-corrected chi connectivity index (χ4v) is 0.974. The minimum absolute atomic E-state index is 0.474. The molecule has 0 aliphatic carbocycles. The number of hydrogen-bond donors (Lipinski definition) is 1. The molecule has 1 N–H and O–H groups in total. The molecular formula is C12H18F4O5. The zero-order valence-corrected chi connectivity index (χ0v) is 11.9. The van der Waals surface area contributed by atoms with Crippen LogP contribution in [0.15, 0.2) is 0 Å². The largest absolute Gasteiger partial charge is 0.462 e. The van der Waals surface area contributed by atoms with E-state index in [4.69, 9.17) is 9.84 Å². The molecule has 0 rings (SSSR count). The number of ether oxygens (including phenoxy) is 2. The Kier molecular flexibility index (Phi) is 6.59. The number of hydrogen-bond acceptors (Lipinski definition) is 5. The second-order valence-electron chi connectivity index (χ2n) is 5.00. The highest BCUT2D eigenvalue weighted by Gasteiger charge is 2.61. The number of halogens is 4. The number of rotatable bonds is 7. The van der Waals surface area contributed by atoms with Crippen LogP contribution in [-0.2, 0) is 19.1 Å². The molecule has 0 heterocycles. The number of aliphatic hydroxyl groups is 1. The molecule has 1 atom stereocenters. The van der Waals surface area contributed by atoms with E-state index in [2.05, 4.69) is 4.74 Å². The Balaban J connectivity index is 4.37. The fourth-order valence-electron chi connectivity index (χ4n) is 0.974. The quantitative estimate of drug-likeness (QED) is 0.440. The summed E-state index contributed by atoms with van der Waals surface area (Å²) in [6.45, 7) is 1.38. The lowest BCUT2D eigenvalue weighted by atomic mass is 9.91. The summed E-state index contributed by atoms with van der Waals surface area (Å²) in [4.78, 5) is 22.6. The van der Waals surface area contributed by atoms with Crippen molar-refractivity contribution in [3.63, 3.8) is 0 Å². The zero-order valence-electron chi connectivity index (χ0n) is 11.9. The predicted octanol–water partition coefficient (Wildman–Crippen LogP) is 1.77. The SMILES string of the molecule is CCC(C)(C)C(=O)OCCOC(=O)C(O)(CF)C(F)(F)F. The minimum Gasteiger partial charge on any atom is -0.462 e. The van der Waals surface area contributed by atoms with Crippen molar-refractivity contribution < 1.29 is 41.7 Å². The first-order valence-corrected chi connectivity index (χ1v) is 6.12. The maximum absolute atomic E-state index is 12.3. The molecule has 1 unspecified atom stereocenters. The van der Waals surface area contributed by atoms with Gasteiger partial charge in [0.2, 0.25) is 0 Å². The summed E-state index contributed by atoms with van der Waals surface area (Å²) in [7, 11) is 0. The first-order valence-electron chi connectivity index (χ1n) is 6.12. The molecule has 124 valence electrons. The highest BCUT2D eigenvalue weighted by molar-refractivity contribution is 5.80. The van der Waals surface area contributed by atoms with Crippen LogP contribution in [-0.4, -0.2) is 48.7 Å².